The average Bonchev–Trinajstić information content (AvgIpc) is 2.73. The van der Waals surface area contributed by atoms with Crippen molar-refractivity contribution in [2.24, 2.45) is 5.11 Å². The van der Waals surface area contributed by atoms with Crippen LogP contribution in [0.5, 0.6) is 5.75 Å². The zero-order valence-electron chi connectivity index (χ0n) is 8.13. The van der Waals surface area contributed by atoms with Gasteiger partial charge in [-0.1, -0.05) is 23.3 Å². The van der Waals surface area contributed by atoms with Crippen molar-refractivity contribution >= 4 is 0 Å². The highest BCUT2D eigenvalue weighted by Crippen LogP contribution is 2.34. The number of para-hydroxylation sites is 1. The minimum absolute atomic E-state index is 0.204. The van der Waals surface area contributed by atoms with Gasteiger partial charge in [0.15, 0.2) is 0 Å². The molecule has 0 saturated carbocycles. The number of benzene rings is 1. The van der Waals surface area contributed by atoms with Gasteiger partial charge < -0.3 is 9.84 Å². The number of ether oxygens (including phenoxy) is 1. The molecule has 5 heteroatoms. The van der Waals surface area contributed by atoms with E-state index in [0.29, 0.717) is 6.61 Å². The Morgan fingerprint density at radius 2 is 2.47 bits per heavy atom. The summed E-state index contributed by atoms with van der Waals surface area (Å²) in [5, 5.41) is 12.7. The van der Waals surface area contributed by atoms with Crippen LogP contribution in [-0.4, -0.2) is 18.3 Å². The Bertz CT molecular complexity index is 413. The molecule has 0 amide bonds. The van der Waals surface area contributed by atoms with Crippen LogP contribution in [0.2, 0.25) is 0 Å². The molecule has 0 radical (unpaired) electrons. The maximum Gasteiger partial charge on any atom is 0.126 e. The van der Waals surface area contributed by atoms with Crippen LogP contribution < -0.4 is 4.74 Å². The van der Waals surface area contributed by atoms with Crippen molar-refractivity contribution in [1.82, 2.24) is 0 Å². The summed E-state index contributed by atoms with van der Waals surface area (Å²) in [6, 6.07) is 5.14. The lowest BCUT2D eigenvalue weighted by molar-refractivity contribution is 0.263. The fraction of sp³-hybridized carbons (Fsp3) is 0.400. The summed E-state index contributed by atoms with van der Waals surface area (Å²) in [7, 11) is 0. The molecule has 1 aliphatic heterocycles. The van der Waals surface area contributed by atoms with E-state index in [-0.39, 0.29) is 6.61 Å². The first-order chi connectivity index (χ1) is 7.36. The fourth-order valence-electron chi connectivity index (χ4n) is 1.76. The SMILES string of the molecule is [N-]=[N+]=NC(CO)c1cccc2c1OCC2. The molecule has 0 bridgehead atoms. The number of aliphatic hydroxyl groups is 1. The Morgan fingerprint density at radius 1 is 1.60 bits per heavy atom. The van der Waals surface area contributed by atoms with Crippen LogP contribution in [0.1, 0.15) is 17.2 Å². The molecule has 0 spiro atoms. The third kappa shape index (κ3) is 1.75. The summed E-state index contributed by atoms with van der Waals surface area (Å²) in [4.78, 5) is 2.72. The van der Waals surface area contributed by atoms with Gasteiger partial charge in [0.2, 0.25) is 0 Å². The number of hydrogen-bond donors (Lipinski definition) is 1. The van der Waals surface area contributed by atoms with Crippen molar-refractivity contribution in [3.63, 3.8) is 0 Å². The van der Waals surface area contributed by atoms with Crippen molar-refractivity contribution in [2.75, 3.05) is 13.2 Å². The van der Waals surface area contributed by atoms with Gasteiger partial charge in [0.1, 0.15) is 5.75 Å². The molecule has 0 aliphatic carbocycles. The van der Waals surface area contributed by atoms with Gasteiger partial charge in [0, 0.05) is 16.9 Å². The second-order valence-electron chi connectivity index (χ2n) is 3.34. The molecule has 1 N–H and O–H groups in total. The van der Waals surface area contributed by atoms with Crippen LogP contribution in [0.25, 0.3) is 10.4 Å². The largest absolute Gasteiger partial charge is 0.493 e. The second kappa shape index (κ2) is 4.21. The van der Waals surface area contributed by atoms with E-state index >= 15 is 0 Å². The Kier molecular flexibility index (Phi) is 2.76. The van der Waals surface area contributed by atoms with Crippen molar-refractivity contribution in [3.8, 4) is 5.75 Å². The van der Waals surface area contributed by atoms with Crippen LogP contribution in [0.4, 0.5) is 0 Å². The van der Waals surface area contributed by atoms with Crippen molar-refractivity contribution in [2.45, 2.75) is 12.5 Å². The van der Waals surface area contributed by atoms with Gasteiger partial charge in [-0.15, -0.1) is 0 Å². The number of nitrogens with zero attached hydrogens (tertiary/aromatic N) is 3. The Hall–Kier alpha value is -1.71. The first-order valence-electron chi connectivity index (χ1n) is 4.76. The minimum Gasteiger partial charge on any atom is -0.493 e. The zero-order valence-corrected chi connectivity index (χ0v) is 8.13. The summed E-state index contributed by atoms with van der Waals surface area (Å²) in [5.41, 5.74) is 10.3. The molecule has 1 aliphatic rings. The molecule has 1 aromatic carbocycles. The minimum atomic E-state index is -0.553. The molecular weight excluding hydrogens is 194 g/mol. The molecule has 0 fully saturated rings. The lowest BCUT2D eigenvalue weighted by Crippen LogP contribution is -2.02. The van der Waals surface area contributed by atoms with Crippen molar-refractivity contribution < 1.29 is 9.84 Å². The summed E-state index contributed by atoms with van der Waals surface area (Å²) >= 11 is 0. The molecule has 15 heavy (non-hydrogen) atoms. The van der Waals surface area contributed by atoms with Crippen LogP contribution in [0, 0.1) is 0 Å². The molecule has 1 aromatic rings. The molecule has 1 atom stereocenters. The molecular formula is C10H11N3O2. The van der Waals surface area contributed by atoms with E-state index in [4.69, 9.17) is 15.4 Å². The van der Waals surface area contributed by atoms with Crippen molar-refractivity contribution in [1.29, 1.82) is 0 Å². The highest BCUT2D eigenvalue weighted by atomic mass is 16.5. The van der Waals surface area contributed by atoms with Gasteiger partial charge in [0.05, 0.1) is 19.3 Å². The highest BCUT2D eigenvalue weighted by Gasteiger charge is 2.20. The summed E-state index contributed by atoms with van der Waals surface area (Å²) in [5.74, 6) is 0.768. The average molecular weight is 205 g/mol. The second-order valence-corrected chi connectivity index (χ2v) is 3.34. The van der Waals surface area contributed by atoms with E-state index in [1.807, 2.05) is 18.2 Å². The maximum atomic E-state index is 9.12. The predicted molar refractivity (Wildman–Crippen MR) is 54.6 cm³/mol. The van der Waals surface area contributed by atoms with Crippen LogP contribution in [-0.2, 0) is 6.42 Å². The highest BCUT2D eigenvalue weighted by molar-refractivity contribution is 5.45. The van der Waals surface area contributed by atoms with E-state index in [1.54, 1.807) is 0 Å². The van der Waals surface area contributed by atoms with E-state index in [2.05, 4.69) is 10.0 Å². The summed E-state index contributed by atoms with van der Waals surface area (Å²) in [6.45, 7) is 0.449. The normalized spacial score (nSPS) is 15.0. The maximum absolute atomic E-state index is 9.12. The van der Waals surface area contributed by atoms with Gasteiger partial charge in [-0.05, 0) is 11.1 Å². The number of hydrogen-bond acceptors (Lipinski definition) is 3. The van der Waals surface area contributed by atoms with Gasteiger partial charge in [0.25, 0.3) is 0 Å². The van der Waals surface area contributed by atoms with E-state index < -0.39 is 6.04 Å². The Morgan fingerprint density at radius 3 is 3.20 bits per heavy atom. The Balaban J connectivity index is 2.43. The monoisotopic (exact) mass is 205 g/mol. The molecule has 2 rings (SSSR count). The smallest absolute Gasteiger partial charge is 0.126 e. The molecule has 1 unspecified atom stereocenters. The molecule has 0 saturated heterocycles. The van der Waals surface area contributed by atoms with E-state index in [9.17, 15) is 0 Å². The molecule has 5 nitrogen and oxygen atoms in total. The standard InChI is InChI=1S/C10H11N3O2/c11-13-12-9(6-14)8-3-1-2-7-4-5-15-10(7)8/h1-3,9,14H,4-6H2. The zero-order chi connectivity index (χ0) is 10.7. The Labute approximate surface area is 86.9 Å². The number of fused-ring (bicyclic) bond motifs is 1. The predicted octanol–water partition coefficient (Wildman–Crippen LogP) is 1.97. The lowest BCUT2D eigenvalue weighted by atomic mass is 10.0. The topological polar surface area (TPSA) is 78.2 Å². The van der Waals surface area contributed by atoms with Crippen LogP contribution in [0.15, 0.2) is 23.3 Å². The van der Waals surface area contributed by atoms with Gasteiger partial charge in [-0.25, -0.2) is 0 Å². The van der Waals surface area contributed by atoms with Gasteiger partial charge in [-0.3, -0.25) is 0 Å². The third-order valence-electron chi connectivity index (χ3n) is 2.47. The summed E-state index contributed by atoms with van der Waals surface area (Å²) < 4.78 is 5.46. The van der Waals surface area contributed by atoms with Crippen LogP contribution >= 0.6 is 0 Å². The molecule has 0 aromatic heterocycles. The van der Waals surface area contributed by atoms with Gasteiger partial charge >= 0.3 is 0 Å². The first kappa shape index (κ1) is 9.83. The van der Waals surface area contributed by atoms with Gasteiger partial charge in [-0.2, -0.15) is 0 Å². The lowest BCUT2D eigenvalue weighted by Gasteiger charge is -2.12. The first-order valence-corrected chi connectivity index (χ1v) is 4.76. The van der Waals surface area contributed by atoms with Crippen LogP contribution in [0.3, 0.4) is 0 Å². The number of aliphatic hydroxyl groups excluding tert-OH is 1. The van der Waals surface area contributed by atoms with E-state index in [0.717, 1.165) is 23.3 Å². The number of rotatable bonds is 3. The third-order valence-corrected chi connectivity index (χ3v) is 2.47. The fourth-order valence-corrected chi connectivity index (χ4v) is 1.76. The quantitative estimate of drug-likeness (QED) is 0.465. The molecule has 78 valence electrons. The summed E-state index contributed by atoms with van der Waals surface area (Å²) in [6.07, 6.45) is 0.873. The van der Waals surface area contributed by atoms with E-state index in [1.165, 1.54) is 0 Å². The van der Waals surface area contributed by atoms with Crippen molar-refractivity contribution in [3.05, 3.63) is 39.8 Å². The number of azide groups is 1. The molecule has 1 heterocycles.